The first kappa shape index (κ1) is 27.4. The average molecular weight is 585 g/mol. The summed E-state index contributed by atoms with van der Waals surface area (Å²) >= 11 is 6.05. The molecule has 2 aromatic heterocycles. The second kappa shape index (κ2) is 11.0. The number of piperidine rings is 2. The average Bonchev–Trinajstić information content (AvgIpc) is 3.62. The zero-order valence-electron chi connectivity index (χ0n) is 23.8. The monoisotopic (exact) mass is 584 g/mol. The van der Waals surface area contributed by atoms with Gasteiger partial charge >= 0.3 is 0 Å². The van der Waals surface area contributed by atoms with Crippen LogP contribution in [-0.4, -0.2) is 68.8 Å². The van der Waals surface area contributed by atoms with E-state index >= 15 is 0 Å². The number of pyridine rings is 1. The van der Waals surface area contributed by atoms with Crippen LogP contribution in [0, 0.1) is 0 Å². The lowest BCUT2D eigenvalue weighted by atomic mass is 9.84. The van der Waals surface area contributed by atoms with E-state index in [1.54, 1.807) is 0 Å². The normalized spacial score (nSPS) is 22.2. The fraction of sp³-hybridized carbons (Fsp3) is 0.424. The molecule has 0 radical (unpaired) electrons. The Labute approximate surface area is 251 Å². The highest BCUT2D eigenvalue weighted by molar-refractivity contribution is 6.30. The molecule has 3 aliphatic rings. The highest BCUT2D eigenvalue weighted by Crippen LogP contribution is 2.36. The summed E-state index contributed by atoms with van der Waals surface area (Å²) in [5.74, 6) is 0.854. The molecular weight excluding hydrogens is 548 g/mol. The van der Waals surface area contributed by atoms with Gasteiger partial charge in [0.2, 0.25) is 0 Å². The first-order chi connectivity index (χ1) is 20.4. The van der Waals surface area contributed by atoms with E-state index in [1.165, 1.54) is 12.8 Å². The first-order valence-corrected chi connectivity index (χ1v) is 15.5. The van der Waals surface area contributed by atoms with E-state index in [-0.39, 0.29) is 11.4 Å². The SMILES string of the molecule is O=C(c1ccc(Cc2nc3c(N4CCC(O)(c5ccc(Cl)cc5)CC4)cccn3n2)cc1)N1CCC2(CCCCN2)C1. The number of hydrogen-bond acceptors (Lipinski definition) is 6. The third-order valence-electron chi connectivity index (χ3n) is 9.48. The summed E-state index contributed by atoms with van der Waals surface area (Å²) in [4.78, 5) is 22.4. The number of halogens is 1. The molecule has 3 saturated heterocycles. The summed E-state index contributed by atoms with van der Waals surface area (Å²) in [5, 5.41) is 20.4. The van der Waals surface area contributed by atoms with Crippen LogP contribution in [0.5, 0.6) is 0 Å². The third kappa shape index (κ3) is 5.27. The van der Waals surface area contributed by atoms with Gasteiger partial charge in [-0.15, -0.1) is 0 Å². The number of nitrogens with one attached hydrogen (secondary N) is 1. The molecule has 5 heterocycles. The van der Waals surface area contributed by atoms with Crippen molar-refractivity contribution in [3.05, 3.63) is 94.4 Å². The molecule has 2 aromatic carbocycles. The molecule has 218 valence electrons. The van der Waals surface area contributed by atoms with Gasteiger partial charge in [0.25, 0.3) is 5.91 Å². The summed E-state index contributed by atoms with van der Waals surface area (Å²) in [6.45, 7) is 4.10. The van der Waals surface area contributed by atoms with Gasteiger partial charge in [0.05, 0.1) is 11.3 Å². The fourth-order valence-corrected chi connectivity index (χ4v) is 7.11. The van der Waals surface area contributed by atoms with Gasteiger partial charge in [0, 0.05) is 54.9 Å². The number of carbonyl (C=O) groups excluding carboxylic acids is 1. The number of fused-ring (bicyclic) bond motifs is 1. The number of likely N-dealkylation sites (tertiary alicyclic amines) is 1. The Kier molecular flexibility index (Phi) is 7.16. The van der Waals surface area contributed by atoms with E-state index < -0.39 is 5.60 Å². The van der Waals surface area contributed by atoms with Gasteiger partial charge < -0.3 is 20.2 Å². The maximum atomic E-state index is 13.2. The molecule has 1 spiro atoms. The molecule has 8 nitrogen and oxygen atoms in total. The van der Waals surface area contributed by atoms with Crippen LogP contribution in [0.3, 0.4) is 0 Å². The van der Waals surface area contributed by atoms with Crippen LogP contribution < -0.4 is 10.2 Å². The number of aromatic nitrogens is 3. The molecule has 9 heteroatoms. The molecular formula is C33H37ClN6O2. The van der Waals surface area contributed by atoms with Gasteiger partial charge in [-0.3, -0.25) is 4.79 Å². The molecule has 0 bridgehead atoms. The number of aliphatic hydroxyl groups is 1. The quantitative estimate of drug-likeness (QED) is 0.350. The summed E-state index contributed by atoms with van der Waals surface area (Å²) in [6.07, 6.45) is 8.43. The summed E-state index contributed by atoms with van der Waals surface area (Å²) < 4.78 is 1.84. The van der Waals surface area contributed by atoms with Crippen molar-refractivity contribution in [2.75, 3.05) is 37.6 Å². The molecule has 3 fully saturated rings. The minimum Gasteiger partial charge on any atom is -0.385 e. The van der Waals surface area contributed by atoms with Gasteiger partial charge in [-0.1, -0.05) is 42.3 Å². The molecule has 1 unspecified atom stereocenters. The van der Waals surface area contributed by atoms with Gasteiger partial charge in [0.15, 0.2) is 11.5 Å². The van der Waals surface area contributed by atoms with Crippen LogP contribution in [0.15, 0.2) is 66.9 Å². The molecule has 0 saturated carbocycles. The molecule has 0 aliphatic carbocycles. The van der Waals surface area contributed by atoms with Crippen molar-refractivity contribution < 1.29 is 9.90 Å². The Balaban J connectivity index is 1.02. The lowest BCUT2D eigenvalue weighted by molar-refractivity contribution is 0.0118. The van der Waals surface area contributed by atoms with Gasteiger partial charge in [-0.05, 0) is 86.2 Å². The minimum atomic E-state index is -0.860. The topological polar surface area (TPSA) is 86.0 Å². The number of anilines is 1. The van der Waals surface area contributed by atoms with E-state index in [9.17, 15) is 9.90 Å². The highest BCUT2D eigenvalue weighted by atomic mass is 35.5. The Morgan fingerprint density at radius 3 is 2.48 bits per heavy atom. The van der Waals surface area contributed by atoms with Gasteiger partial charge in [-0.25, -0.2) is 9.50 Å². The van der Waals surface area contributed by atoms with Crippen LogP contribution in [0.25, 0.3) is 5.65 Å². The second-order valence-electron chi connectivity index (χ2n) is 12.2. The predicted octanol–water partition coefficient (Wildman–Crippen LogP) is 4.82. The fourth-order valence-electron chi connectivity index (χ4n) is 6.98. The number of hydrogen-bond donors (Lipinski definition) is 2. The first-order valence-electron chi connectivity index (χ1n) is 15.1. The molecule has 1 amide bonds. The Morgan fingerprint density at radius 1 is 0.952 bits per heavy atom. The van der Waals surface area contributed by atoms with Crippen molar-refractivity contribution in [1.29, 1.82) is 0 Å². The number of benzene rings is 2. The molecule has 42 heavy (non-hydrogen) atoms. The van der Waals surface area contributed by atoms with Crippen molar-refractivity contribution >= 4 is 28.8 Å². The summed E-state index contributed by atoms with van der Waals surface area (Å²) in [5.41, 5.74) is 3.81. The van der Waals surface area contributed by atoms with E-state index in [0.717, 1.165) is 66.3 Å². The number of carbonyl (C=O) groups is 1. The Morgan fingerprint density at radius 2 is 1.74 bits per heavy atom. The summed E-state index contributed by atoms with van der Waals surface area (Å²) in [7, 11) is 0. The van der Waals surface area contributed by atoms with Crippen molar-refractivity contribution in [1.82, 2.24) is 24.8 Å². The number of nitrogens with zero attached hydrogens (tertiary/aromatic N) is 5. The second-order valence-corrected chi connectivity index (χ2v) is 12.7. The van der Waals surface area contributed by atoms with Crippen molar-refractivity contribution in [3.8, 4) is 0 Å². The molecule has 4 aromatic rings. The zero-order chi connectivity index (χ0) is 28.7. The lowest BCUT2D eigenvalue weighted by Gasteiger charge is -2.39. The molecule has 7 rings (SSSR count). The van der Waals surface area contributed by atoms with Crippen LogP contribution in [-0.2, 0) is 12.0 Å². The van der Waals surface area contributed by atoms with Gasteiger partial charge in [0.1, 0.15) is 0 Å². The number of rotatable bonds is 5. The third-order valence-corrected chi connectivity index (χ3v) is 9.74. The van der Waals surface area contributed by atoms with E-state index in [4.69, 9.17) is 21.7 Å². The van der Waals surface area contributed by atoms with Crippen molar-refractivity contribution in [3.63, 3.8) is 0 Å². The lowest BCUT2D eigenvalue weighted by Crippen LogP contribution is -2.50. The van der Waals surface area contributed by atoms with E-state index in [0.29, 0.717) is 37.4 Å². The predicted molar refractivity (Wildman–Crippen MR) is 164 cm³/mol. The minimum absolute atomic E-state index is 0.116. The molecule has 2 N–H and O–H groups in total. The number of amides is 1. The Bertz CT molecular complexity index is 1570. The van der Waals surface area contributed by atoms with Crippen molar-refractivity contribution in [2.45, 2.75) is 56.1 Å². The van der Waals surface area contributed by atoms with Crippen LogP contribution in [0.2, 0.25) is 5.02 Å². The van der Waals surface area contributed by atoms with E-state index in [2.05, 4.69) is 16.3 Å². The van der Waals surface area contributed by atoms with Crippen LogP contribution in [0.4, 0.5) is 5.69 Å². The molecule has 1 atom stereocenters. The zero-order valence-corrected chi connectivity index (χ0v) is 24.6. The van der Waals surface area contributed by atoms with Crippen molar-refractivity contribution in [2.24, 2.45) is 0 Å². The maximum Gasteiger partial charge on any atom is 0.253 e. The van der Waals surface area contributed by atoms with Gasteiger partial charge in [-0.2, -0.15) is 5.10 Å². The largest absolute Gasteiger partial charge is 0.385 e. The summed E-state index contributed by atoms with van der Waals surface area (Å²) in [6, 6.07) is 19.5. The van der Waals surface area contributed by atoms with Crippen LogP contribution in [0.1, 0.15) is 65.8 Å². The smallest absolute Gasteiger partial charge is 0.253 e. The maximum absolute atomic E-state index is 13.2. The van der Waals surface area contributed by atoms with Crippen LogP contribution >= 0.6 is 11.6 Å². The van der Waals surface area contributed by atoms with E-state index in [1.807, 2.05) is 70.2 Å². The highest BCUT2D eigenvalue weighted by Gasteiger charge is 2.40. The molecule has 3 aliphatic heterocycles. The Hall–Kier alpha value is -3.46. The standard InChI is InChI=1S/C33H37ClN6O2/c34-27-11-9-26(10-12-27)33(42)15-20-38(21-16-33)28-4-3-18-40-30(28)36-29(37-40)22-24-5-7-25(8-6-24)31(41)39-19-14-32(23-39)13-1-2-17-35-32/h3-12,18,35,42H,1-2,13-17,19-23H2.